The fourth-order valence-electron chi connectivity index (χ4n) is 1.04. The second-order valence-electron chi connectivity index (χ2n) is 3.40. The van der Waals surface area contributed by atoms with Gasteiger partial charge in [0, 0.05) is 6.42 Å². The molecule has 0 rings (SSSR count). The molecule has 0 aliphatic carbocycles. The number of hydrogen-bond donors (Lipinski definition) is 6. The first-order valence-electron chi connectivity index (χ1n) is 4.63. The van der Waals surface area contributed by atoms with Crippen LogP contribution in [0.2, 0.25) is 0 Å². The monoisotopic (exact) mass is 209 g/mol. The van der Waals surface area contributed by atoms with Gasteiger partial charge in [0.1, 0.15) is 0 Å². The van der Waals surface area contributed by atoms with E-state index in [4.69, 9.17) is 31.3 Å². The average Bonchev–Trinajstić information content (AvgIpc) is 2.02. The summed E-state index contributed by atoms with van der Waals surface area (Å²) in [7, 11) is 0. The van der Waals surface area contributed by atoms with E-state index >= 15 is 0 Å². The van der Waals surface area contributed by atoms with Crippen molar-refractivity contribution in [2.24, 2.45) is 5.73 Å². The molecule has 7 N–H and O–H groups in total. The van der Waals surface area contributed by atoms with Crippen LogP contribution in [0.5, 0.6) is 0 Å². The minimum Gasteiger partial charge on any atom is -0.359 e. The van der Waals surface area contributed by atoms with E-state index in [9.17, 15) is 0 Å². The van der Waals surface area contributed by atoms with Crippen molar-refractivity contribution in [3.63, 3.8) is 0 Å². The maximum Gasteiger partial charge on any atom is 0.332 e. The van der Waals surface area contributed by atoms with Crippen molar-refractivity contribution in [1.82, 2.24) is 0 Å². The molecule has 14 heavy (non-hydrogen) atoms. The van der Waals surface area contributed by atoms with Gasteiger partial charge in [-0.1, -0.05) is 12.8 Å². The van der Waals surface area contributed by atoms with Gasteiger partial charge in [-0.25, -0.2) is 0 Å². The van der Waals surface area contributed by atoms with Crippen LogP contribution in [0.4, 0.5) is 0 Å². The number of rotatable bonds is 7. The summed E-state index contributed by atoms with van der Waals surface area (Å²) in [5.41, 5.74) is 5.25. The summed E-state index contributed by atoms with van der Waals surface area (Å²) in [4.78, 5) is 0. The van der Waals surface area contributed by atoms with Crippen LogP contribution in [0.1, 0.15) is 32.1 Å². The lowest BCUT2D eigenvalue weighted by Crippen LogP contribution is -2.54. The predicted octanol–water partition coefficient (Wildman–Crippen LogP) is -1.79. The van der Waals surface area contributed by atoms with E-state index in [1.54, 1.807) is 0 Å². The van der Waals surface area contributed by atoms with Crippen LogP contribution < -0.4 is 5.73 Å². The lowest BCUT2D eigenvalue weighted by atomic mass is 10.0. The number of aliphatic hydroxyl groups is 5. The molecule has 0 atom stereocenters. The van der Waals surface area contributed by atoms with Crippen molar-refractivity contribution >= 4 is 0 Å². The summed E-state index contributed by atoms with van der Waals surface area (Å²) in [6, 6.07) is 0. The Bertz CT molecular complexity index is 154. The van der Waals surface area contributed by atoms with Crippen molar-refractivity contribution in [2.45, 2.75) is 43.9 Å². The number of unbranched alkanes of at least 4 members (excludes halogenated alkanes) is 3. The molecule has 0 bridgehead atoms. The third kappa shape index (κ3) is 4.85. The molecular formula is C8H19NO5. The van der Waals surface area contributed by atoms with Gasteiger partial charge in [-0.3, -0.25) is 0 Å². The van der Waals surface area contributed by atoms with E-state index in [0.717, 1.165) is 12.8 Å². The highest BCUT2D eigenvalue weighted by Crippen LogP contribution is 2.21. The molecule has 0 fully saturated rings. The molecule has 0 aromatic heterocycles. The first-order valence-corrected chi connectivity index (χ1v) is 4.63. The van der Waals surface area contributed by atoms with Crippen molar-refractivity contribution in [3.05, 3.63) is 0 Å². The summed E-state index contributed by atoms with van der Waals surface area (Å²) in [6.45, 7) is 0.577. The highest BCUT2D eigenvalue weighted by molar-refractivity contribution is 4.72. The van der Waals surface area contributed by atoms with Gasteiger partial charge >= 0.3 is 5.97 Å². The van der Waals surface area contributed by atoms with E-state index in [1.807, 2.05) is 0 Å². The highest BCUT2D eigenvalue weighted by Gasteiger charge is 2.45. The molecule has 6 nitrogen and oxygen atoms in total. The van der Waals surface area contributed by atoms with Crippen molar-refractivity contribution in [1.29, 1.82) is 0 Å². The highest BCUT2D eigenvalue weighted by atomic mass is 16.7. The Labute approximate surface area is 82.6 Å². The van der Waals surface area contributed by atoms with Gasteiger partial charge in [0.15, 0.2) is 0 Å². The van der Waals surface area contributed by atoms with Gasteiger partial charge in [0.05, 0.1) is 0 Å². The molecule has 0 amide bonds. The third-order valence-electron chi connectivity index (χ3n) is 2.02. The lowest BCUT2D eigenvalue weighted by Gasteiger charge is -2.29. The van der Waals surface area contributed by atoms with E-state index in [-0.39, 0.29) is 6.42 Å². The van der Waals surface area contributed by atoms with Crippen molar-refractivity contribution in [3.8, 4) is 0 Å². The van der Waals surface area contributed by atoms with Crippen LogP contribution in [0.15, 0.2) is 0 Å². The minimum absolute atomic E-state index is 0.304. The summed E-state index contributed by atoms with van der Waals surface area (Å²) < 4.78 is 0. The molecule has 0 aromatic carbocycles. The Morgan fingerprint density at radius 3 is 1.71 bits per heavy atom. The quantitative estimate of drug-likeness (QED) is 0.217. The normalized spacial score (nSPS) is 13.3. The van der Waals surface area contributed by atoms with Crippen LogP contribution >= 0.6 is 0 Å². The second-order valence-corrected chi connectivity index (χ2v) is 3.40. The van der Waals surface area contributed by atoms with E-state index in [1.165, 1.54) is 0 Å². The van der Waals surface area contributed by atoms with Gasteiger partial charge in [-0.2, -0.15) is 0 Å². The molecule has 0 aliphatic rings. The first kappa shape index (κ1) is 13.8. The first-order chi connectivity index (χ1) is 6.31. The molecule has 0 heterocycles. The zero-order chi connectivity index (χ0) is 11.2. The summed E-state index contributed by atoms with van der Waals surface area (Å²) >= 11 is 0. The topological polar surface area (TPSA) is 127 Å². The van der Waals surface area contributed by atoms with Crippen LogP contribution in [0, 0.1) is 0 Å². The van der Waals surface area contributed by atoms with Crippen molar-refractivity contribution < 1.29 is 25.5 Å². The molecule has 0 spiro atoms. The Morgan fingerprint density at radius 2 is 1.29 bits per heavy atom. The van der Waals surface area contributed by atoms with Crippen molar-refractivity contribution in [2.75, 3.05) is 6.54 Å². The molecule has 0 radical (unpaired) electrons. The zero-order valence-electron chi connectivity index (χ0n) is 8.06. The van der Waals surface area contributed by atoms with E-state index in [0.29, 0.717) is 19.4 Å². The standard InChI is InChI=1S/C8H19NO5/c9-6-4-2-1-3-5-7(10,11)8(12,13)14/h10-14H,1-6,9H2. The Kier molecular flexibility index (Phi) is 5.50. The fourth-order valence-corrected chi connectivity index (χ4v) is 1.04. The largest absolute Gasteiger partial charge is 0.359 e. The maximum absolute atomic E-state index is 8.99. The van der Waals surface area contributed by atoms with Crippen LogP contribution in [0.25, 0.3) is 0 Å². The zero-order valence-corrected chi connectivity index (χ0v) is 8.06. The number of nitrogens with two attached hydrogens (primary N) is 1. The fraction of sp³-hybridized carbons (Fsp3) is 1.00. The smallest absolute Gasteiger partial charge is 0.332 e. The second kappa shape index (κ2) is 5.59. The average molecular weight is 209 g/mol. The SMILES string of the molecule is NCCCCCCC(O)(O)C(O)(O)O. The third-order valence-corrected chi connectivity index (χ3v) is 2.02. The number of hydrogen-bond acceptors (Lipinski definition) is 6. The molecule has 0 unspecified atom stereocenters. The molecule has 6 heteroatoms. The Morgan fingerprint density at radius 1 is 0.786 bits per heavy atom. The molecule has 0 aliphatic heterocycles. The minimum atomic E-state index is -3.47. The molecular weight excluding hydrogens is 190 g/mol. The molecule has 0 saturated carbocycles. The molecule has 0 saturated heterocycles. The van der Waals surface area contributed by atoms with Gasteiger partial charge in [0.25, 0.3) is 0 Å². The lowest BCUT2D eigenvalue weighted by molar-refractivity contribution is -0.447. The van der Waals surface area contributed by atoms with E-state index < -0.39 is 11.8 Å². The predicted molar refractivity (Wildman–Crippen MR) is 48.7 cm³/mol. The summed E-state index contributed by atoms with van der Waals surface area (Å²) in [6.07, 6.45) is 2.43. The van der Waals surface area contributed by atoms with Crippen LogP contribution in [-0.4, -0.2) is 43.8 Å². The Hall–Kier alpha value is -0.240. The van der Waals surface area contributed by atoms with Gasteiger partial charge in [0.2, 0.25) is 5.79 Å². The van der Waals surface area contributed by atoms with Crippen LogP contribution in [-0.2, 0) is 0 Å². The van der Waals surface area contributed by atoms with Crippen LogP contribution in [0.3, 0.4) is 0 Å². The summed E-state index contributed by atoms with van der Waals surface area (Å²) in [5, 5.41) is 43.6. The maximum atomic E-state index is 8.99. The molecule has 86 valence electrons. The van der Waals surface area contributed by atoms with Gasteiger partial charge < -0.3 is 31.3 Å². The Balaban J connectivity index is 3.67. The van der Waals surface area contributed by atoms with Gasteiger partial charge in [-0.05, 0) is 19.4 Å². The van der Waals surface area contributed by atoms with E-state index in [2.05, 4.69) is 0 Å². The molecule has 0 aromatic rings. The van der Waals surface area contributed by atoms with Gasteiger partial charge in [-0.15, -0.1) is 0 Å². The summed E-state index contributed by atoms with van der Waals surface area (Å²) in [5.74, 6) is -6.35.